The summed E-state index contributed by atoms with van der Waals surface area (Å²) in [6.45, 7) is 1.77. The van der Waals surface area contributed by atoms with E-state index >= 15 is 0 Å². The van der Waals surface area contributed by atoms with E-state index in [-0.39, 0.29) is 11.6 Å². The minimum absolute atomic E-state index is 0.270. The summed E-state index contributed by atoms with van der Waals surface area (Å²) in [7, 11) is 1.55. The van der Waals surface area contributed by atoms with E-state index in [1.165, 1.54) is 17.4 Å². The molecule has 0 radical (unpaired) electrons. The molecular formula is C13H13N3O3. The summed E-state index contributed by atoms with van der Waals surface area (Å²) >= 11 is 0. The summed E-state index contributed by atoms with van der Waals surface area (Å²) in [4.78, 5) is 29.2. The van der Waals surface area contributed by atoms with Crippen LogP contribution in [0.1, 0.15) is 29.0 Å². The second-order valence-corrected chi connectivity index (χ2v) is 4.09. The van der Waals surface area contributed by atoms with Gasteiger partial charge >= 0.3 is 0 Å². The van der Waals surface area contributed by atoms with Gasteiger partial charge in [-0.05, 0) is 19.1 Å². The molecule has 6 heteroatoms. The highest BCUT2D eigenvalue weighted by atomic mass is 16.5. The number of amides is 1. The minimum atomic E-state index is -0.608. The molecule has 0 saturated carbocycles. The van der Waals surface area contributed by atoms with Crippen molar-refractivity contribution >= 4 is 11.7 Å². The molecule has 0 N–H and O–H groups in total. The lowest BCUT2D eigenvalue weighted by Gasteiger charge is -2.22. The number of nitrogens with zero attached hydrogens (tertiary/aromatic N) is 3. The zero-order chi connectivity index (χ0) is 13.8. The molecule has 2 heterocycles. The number of rotatable bonds is 4. The third kappa shape index (κ3) is 2.67. The van der Waals surface area contributed by atoms with Gasteiger partial charge in [0, 0.05) is 31.1 Å². The number of pyridine rings is 1. The topological polar surface area (TPSA) is 76.3 Å². The van der Waals surface area contributed by atoms with E-state index < -0.39 is 11.7 Å². The SMILES string of the molecule is C[C@@H](c1ccon1)N(C)C(=O)C(=O)c1cccnc1. The Morgan fingerprint density at radius 3 is 2.74 bits per heavy atom. The van der Waals surface area contributed by atoms with Crippen molar-refractivity contribution in [2.45, 2.75) is 13.0 Å². The maximum absolute atomic E-state index is 12.1. The van der Waals surface area contributed by atoms with E-state index in [1.807, 2.05) is 0 Å². The first-order chi connectivity index (χ1) is 9.11. The number of likely N-dealkylation sites (N-methyl/N-ethyl adjacent to an activating group) is 1. The Kier molecular flexibility index (Phi) is 3.70. The maximum Gasteiger partial charge on any atom is 0.295 e. The van der Waals surface area contributed by atoms with Crippen LogP contribution in [0.25, 0.3) is 0 Å². The van der Waals surface area contributed by atoms with Crippen LogP contribution in [0, 0.1) is 0 Å². The molecule has 2 aromatic heterocycles. The van der Waals surface area contributed by atoms with Crippen LogP contribution >= 0.6 is 0 Å². The van der Waals surface area contributed by atoms with Gasteiger partial charge in [0.25, 0.3) is 11.7 Å². The second kappa shape index (κ2) is 5.43. The molecule has 0 unspecified atom stereocenters. The third-order valence-electron chi connectivity index (χ3n) is 2.91. The fourth-order valence-corrected chi connectivity index (χ4v) is 1.59. The normalized spacial score (nSPS) is 11.9. The van der Waals surface area contributed by atoms with Crippen molar-refractivity contribution < 1.29 is 14.1 Å². The van der Waals surface area contributed by atoms with E-state index in [2.05, 4.69) is 10.1 Å². The van der Waals surface area contributed by atoms with Crippen molar-refractivity contribution in [3.05, 3.63) is 48.1 Å². The second-order valence-electron chi connectivity index (χ2n) is 4.09. The van der Waals surface area contributed by atoms with Gasteiger partial charge in [-0.2, -0.15) is 0 Å². The Labute approximate surface area is 110 Å². The van der Waals surface area contributed by atoms with Gasteiger partial charge in [0.2, 0.25) is 0 Å². The molecule has 2 rings (SSSR count). The zero-order valence-electron chi connectivity index (χ0n) is 10.6. The van der Waals surface area contributed by atoms with Gasteiger partial charge in [-0.25, -0.2) is 0 Å². The molecule has 0 spiro atoms. The Morgan fingerprint density at radius 2 is 2.16 bits per heavy atom. The molecule has 98 valence electrons. The number of carbonyl (C=O) groups is 2. The molecule has 0 aliphatic heterocycles. The van der Waals surface area contributed by atoms with Gasteiger partial charge < -0.3 is 9.42 Å². The van der Waals surface area contributed by atoms with Crippen molar-refractivity contribution in [2.75, 3.05) is 7.05 Å². The molecule has 0 saturated heterocycles. The lowest BCUT2D eigenvalue weighted by atomic mass is 10.1. The van der Waals surface area contributed by atoms with E-state index in [1.54, 1.807) is 38.4 Å². The highest BCUT2D eigenvalue weighted by molar-refractivity contribution is 6.42. The molecule has 19 heavy (non-hydrogen) atoms. The predicted molar refractivity (Wildman–Crippen MR) is 66.3 cm³/mol. The number of ketones is 1. The van der Waals surface area contributed by atoms with E-state index in [0.29, 0.717) is 5.69 Å². The lowest BCUT2D eigenvalue weighted by molar-refractivity contribution is -0.127. The van der Waals surface area contributed by atoms with Crippen molar-refractivity contribution in [3.63, 3.8) is 0 Å². The molecule has 0 aliphatic carbocycles. The highest BCUT2D eigenvalue weighted by Crippen LogP contribution is 2.17. The summed E-state index contributed by atoms with van der Waals surface area (Å²) in [6.07, 6.45) is 4.34. The summed E-state index contributed by atoms with van der Waals surface area (Å²) in [5, 5.41) is 3.76. The Morgan fingerprint density at radius 1 is 1.37 bits per heavy atom. The van der Waals surface area contributed by atoms with Crippen molar-refractivity contribution in [1.29, 1.82) is 0 Å². The molecule has 6 nitrogen and oxygen atoms in total. The van der Waals surface area contributed by atoms with Gasteiger partial charge in [-0.3, -0.25) is 14.6 Å². The van der Waals surface area contributed by atoms with Gasteiger partial charge in [-0.1, -0.05) is 5.16 Å². The highest BCUT2D eigenvalue weighted by Gasteiger charge is 2.26. The average Bonchev–Trinajstić information content (AvgIpc) is 2.99. The van der Waals surface area contributed by atoms with E-state index in [9.17, 15) is 9.59 Å². The Hall–Kier alpha value is -2.50. The number of carbonyl (C=O) groups excluding carboxylic acids is 2. The summed E-state index contributed by atoms with van der Waals surface area (Å²) < 4.78 is 4.73. The van der Waals surface area contributed by atoms with Crippen molar-refractivity contribution in [3.8, 4) is 0 Å². The number of aromatic nitrogens is 2. The first-order valence-corrected chi connectivity index (χ1v) is 5.73. The Balaban J connectivity index is 2.14. The van der Waals surface area contributed by atoms with Crippen LogP contribution in [0.4, 0.5) is 0 Å². The monoisotopic (exact) mass is 259 g/mol. The number of Topliss-reactive ketones (excluding diaryl/α,β-unsaturated/α-hetero) is 1. The van der Waals surface area contributed by atoms with Gasteiger partial charge in [0.15, 0.2) is 0 Å². The summed E-state index contributed by atoms with van der Waals surface area (Å²) in [6, 6.07) is 4.48. The first-order valence-electron chi connectivity index (χ1n) is 5.73. The van der Waals surface area contributed by atoms with Crippen LogP contribution in [0.15, 0.2) is 41.4 Å². The molecule has 1 amide bonds. The van der Waals surface area contributed by atoms with Crippen molar-refractivity contribution in [2.24, 2.45) is 0 Å². The largest absolute Gasteiger partial charge is 0.364 e. The van der Waals surface area contributed by atoms with Crippen LogP contribution in [-0.2, 0) is 4.79 Å². The average molecular weight is 259 g/mol. The quantitative estimate of drug-likeness (QED) is 0.614. The predicted octanol–water partition coefficient (Wildman–Crippen LogP) is 1.47. The lowest BCUT2D eigenvalue weighted by Crippen LogP contribution is -2.35. The van der Waals surface area contributed by atoms with Crippen LogP contribution in [0.3, 0.4) is 0 Å². The van der Waals surface area contributed by atoms with E-state index in [4.69, 9.17) is 4.52 Å². The molecule has 0 fully saturated rings. The minimum Gasteiger partial charge on any atom is -0.364 e. The Bertz CT molecular complexity index is 566. The van der Waals surface area contributed by atoms with Crippen LogP contribution in [0.5, 0.6) is 0 Å². The maximum atomic E-state index is 12.1. The van der Waals surface area contributed by atoms with Crippen molar-refractivity contribution in [1.82, 2.24) is 15.0 Å². The van der Waals surface area contributed by atoms with Crippen LogP contribution in [-0.4, -0.2) is 33.8 Å². The molecule has 0 aromatic carbocycles. The first kappa shape index (κ1) is 12.9. The number of hydrogen-bond donors (Lipinski definition) is 0. The fourth-order valence-electron chi connectivity index (χ4n) is 1.59. The fraction of sp³-hybridized carbons (Fsp3) is 0.231. The van der Waals surface area contributed by atoms with Gasteiger partial charge in [-0.15, -0.1) is 0 Å². The molecule has 2 aromatic rings. The van der Waals surface area contributed by atoms with E-state index in [0.717, 1.165) is 0 Å². The molecule has 0 aliphatic rings. The van der Waals surface area contributed by atoms with Gasteiger partial charge in [0.1, 0.15) is 12.0 Å². The molecular weight excluding hydrogens is 246 g/mol. The van der Waals surface area contributed by atoms with Crippen LogP contribution < -0.4 is 0 Å². The van der Waals surface area contributed by atoms with Gasteiger partial charge in [0.05, 0.1) is 6.04 Å². The molecule has 0 bridgehead atoms. The summed E-state index contributed by atoms with van der Waals surface area (Å²) in [5.41, 5.74) is 0.863. The van der Waals surface area contributed by atoms with Crippen LogP contribution in [0.2, 0.25) is 0 Å². The summed E-state index contributed by atoms with van der Waals surface area (Å²) in [5.74, 6) is -1.20. The zero-order valence-corrected chi connectivity index (χ0v) is 10.6. The molecule has 1 atom stereocenters. The standard InChI is InChI=1S/C13H13N3O3/c1-9(11-5-7-19-15-11)16(2)13(18)12(17)10-4-3-6-14-8-10/h3-9H,1-2H3/t9-/m0/s1. The third-order valence-corrected chi connectivity index (χ3v) is 2.91. The number of hydrogen-bond acceptors (Lipinski definition) is 5. The smallest absolute Gasteiger partial charge is 0.295 e.